The van der Waals surface area contributed by atoms with Gasteiger partial charge in [-0.1, -0.05) is 45.4 Å². The van der Waals surface area contributed by atoms with E-state index in [-0.39, 0.29) is 5.56 Å². The highest BCUT2D eigenvalue weighted by molar-refractivity contribution is 5.91. The van der Waals surface area contributed by atoms with Crippen molar-refractivity contribution in [2.45, 2.75) is 51.9 Å². The van der Waals surface area contributed by atoms with E-state index in [0.717, 1.165) is 12.8 Å². The fourth-order valence-electron chi connectivity index (χ4n) is 2.17. The van der Waals surface area contributed by atoms with Crippen molar-refractivity contribution in [3.05, 3.63) is 23.8 Å². The minimum Gasteiger partial charge on any atom is -0.497 e. The fourth-order valence-corrected chi connectivity index (χ4v) is 2.17. The Bertz CT molecular complexity index is 429. The summed E-state index contributed by atoms with van der Waals surface area (Å²) < 4.78 is 10.6. The third kappa shape index (κ3) is 6.52. The van der Waals surface area contributed by atoms with Gasteiger partial charge >= 0.3 is 5.97 Å². The second kappa shape index (κ2) is 10.1. The van der Waals surface area contributed by atoms with Crippen LogP contribution >= 0.6 is 0 Å². The highest BCUT2D eigenvalue weighted by Gasteiger charge is 2.12. The van der Waals surface area contributed by atoms with E-state index >= 15 is 0 Å². The van der Waals surface area contributed by atoms with Gasteiger partial charge in [0.2, 0.25) is 0 Å². The van der Waals surface area contributed by atoms with Crippen LogP contribution < -0.4 is 9.47 Å². The lowest BCUT2D eigenvalue weighted by Gasteiger charge is -2.10. The van der Waals surface area contributed by atoms with Crippen molar-refractivity contribution in [1.29, 1.82) is 0 Å². The topological polar surface area (TPSA) is 55.8 Å². The zero-order valence-corrected chi connectivity index (χ0v) is 13.1. The first-order valence-corrected chi connectivity index (χ1v) is 7.73. The summed E-state index contributed by atoms with van der Waals surface area (Å²) in [5.41, 5.74) is 0.150. The standard InChI is InChI=1S/C17H26O4/c1-3-4-5-6-7-8-9-12-21-16-11-10-14(20-2)13-15(16)17(18)19/h10-11,13H,3-9,12H2,1-2H3,(H,18,19). The minimum absolute atomic E-state index is 0.150. The third-order valence-electron chi connectivity index (χ3n) is 3.42. The number of aromatic carboxylic acids is 1. The molecule has 0 fully saturated rings. The smallest absolute Gasteiger partial charge is 0.339 e. The van der Waals surface area contributed by atoms with Gasteiger partial charge in [-0.3, -0.25) is 0 Å². The van der Waals surface area contributed by atoms with E-state index in [0.29, 0.717) is 18.1 Å². The number of carboxylic acid groups (broad SMARTS) is 1. The molecule has 0 radical (unpaired) electrons. The molecule has 0 aliphatic carbocycles. The van der Waals surface area contributed by atoms with Crippen molar-refractivity contribution in [2.75, 3.05) is 13.7 Å². The molecule has 1 N–H and O–H groups in total. The maximum atomic E-state index is 11.2. The Morgan fingerprint density at radius 2 is 1.76 bits per heavy atom. The predicted octanol–water partition coefficient (Wildman–Crippen LogP) is 4.52. The number of carbonyl (C=O) groups is 1. The zero-order chi connectivity index (χ0) is 15.5. The van der Waals surface area contributed by atoms with E-state index in [9.17, 15) is 9.90 Å². The van der Waals surface area contributed by atoms with Crippen LogP contribution in [0.5, 0.6) is 11.5 Å². The Kier molecular flexibility index (Phi) is 8.32. The van der Waals surface area contributed by atoms with E-state index in [1.54, 1.807) is 12.1 Å². The number of methoxy groups -OCH3 is 1. The first kappa shape index (κ1) is 17.3. The normalized spacial score (nSPS) is 10.4. The van der Waals surface area contributed by atoms with Crippen molar-refractivity contribution in [3.8, 4) is 11.5 Å². The maximum absolute atomic E-state index is 11.2. The van der Waals surface area contributed by atoms with Crippen LogP contribution in [0.25, 0.3) is 0 Å². The number of hydrogen-bond acceptors (Lipinski definition) is 3. The number of benzene rings is 1. The molecular weight excluding hydrogens is 268 g/mol. The first-order valence-electron chi connectivity index (χ1n) is 7.73. The van der Waals surface area contributed by atoms with E-state index in [1.807, 2.05) is 0 Å². The number of rotatable bonds is 11. The van der Waals surface area contributed by atoms with Gasteiger partial charge in [0.15, 0.2) is 0 Å². The maximum Gasteiger partial charge on any atom is 0.339 e. The summed E-state index contributed by atoms with van der Waals surface area (Å²) in [6, 6.07) is 4.86. The molecule has 118 valence electrons. The van der Waals surface area contributed by atoms with Crippen LogP contribution in [-0.2, 0) is 0 Å². The molecular formula is C17H26O4. The molecule has 1 rings (SSSR count). The monoisotopic (exact) mass is 294 g/mol. The summed E-state index contributed by atoms with van der Waals surface area (Å²) in [7, 11) is 1.51. The molecule has 1 aromatic carbocycles. The first-order chi connectivity index (χ1) is 10.2. The second-order valence-electron chi connectivity index (χ2n) is 5.14. The summed E-state index contributed by atoms with van der Waals surface area (Å²) in [4.78, 5) is 11.2. The van der Waals surface area contributed by atoms with Crippen LogP contribution in [0, 0.1) is 0 Å². The molecule has 4 heteroatoms. The molecule has 0 saturated carbocycles. The molecule has 0 amide bonds. The van der Waals surface area contributed by atoms with Crippen molar-refractivity contribution in [3.63, 3.8) is 0 Å². The summed E-state index contributed by atoms with van der Waals surface area (Å²) in [6.45, 7) is 2.77. The van der Waals surface area contributed by atoms with Crippen LogP contribution in [0.15, 0.2) is 18.2 Å². The Morgan fingerprint density at radius 3 is 2.38 bits per heavy atom. The van der Waals surface area contributed by atoms with Crippen LogP contribution in [-0.4, -0.2) is 24.8 Å². The van der Waals surface area contributed by atoms with Crippen LogP contribution in [0.1, 0.15) is 62.2 Å². The number of ether oxygens (including phenoxy) is 2. The molecule has 0 atom stereocenters. The average Bonchev–Trinajstić information content (AvgIpc) is 2.49. The molecule has 0 bridgehead atoms. The number of carboxylic acids is 1. The molecule has 4 nitrogen and oxygen atoms in total. The molecule has 0 saturated heterocycles. The van der Waals surface area contributed by atoms with Gasteiger partial charge in [-0.15, -0.1) is 0 Å². The molecule has 0 spiro atoms. The summed E-state index contributed by atoms with van der Waals surface area (Å²) >= 11 is 0. The lowest BCUT2D eigenvalue weighted by Crippen LogP contribution is -2.05. The Labute approximate surface area is 127 Å². The summed E-state index contributed by atoms with van der Waals surface area (Å²) in [5, 5.41) is 9.17. The van der Waals surface area contributed by atoms with Crippen LogP contribution in [0.2, 0.25) is 0 Å². The van der Waals surface area contributed by atoms with Gasteiger partial charge < -0.3 is 14.6 Å². The molecule has 0 aliphatic rings. The van der Waals surface area contributed by atoms with Gasteiger partial charge in [-0.25, -0.2) is 4.79 Å². The van der Waals surface area contributed by atoms with E-state index in [1.165, 1.54) is 45.3 Å². The van der Waals surface area contributed by atoms with Crippen molar-refractivity contribution < 1.29 is 19.4 Å². The van der Waals surface area contributed by atoms with E-state index < -0.39 is 5.97 Å². The molecule has 1 aromatic rings. The predicted molar refractivity (Wildman–Crippen MR) is 83.4 cm³/mol. The highest BCUT2D eigenvalue weighted by atomic mass is 16.5. The molecule has 0 aliphatic heterocycles. The summed E-state index contributed by atoms with van der Waals surface area (Å²) in [6.07, 6.45) is 8.45. The van der Waals surface area contributed by atoms with E-state index in [2.05, 4.69) is 6.92 Å². The van der Waals surface area contributed by atoms with Gasteiger partial charge in [0.25, 0.3) is 0 Å². The average molecular weight is 294 g/mol. The lowest BCUT2D eigenvalue weighted by atomic mass is 10.1. The van der Waals surface area contributed by atoms with Crippen LogP contribution in [0.4, 0.5) is 0 Å². The van der Waals surface area contributed by atoms with Crippen molar-refractivity contribution in [1.82, 2.24) is 0 Å². The second-order valence-corrected chi connectivity index (χ2v) is 5.14. The van der Waals surface area contributed by atoms with Gasteiger partial charge in [0.05, 0.1) is 13.7 Å². The molecule has 0 unspecified atom stereocenters. The van der Waals surface area contributed by atoms with Gasteiger partial charge in [0, 0.05) is 0 Å². The molecule has 0 heterocycles. The van der Waals surface area contributed by atoms with Crippen molar-refractivity contribution >= 4 is 5.97 Å². The minimum atomic E-state index is -0.997. The van der Waals surface area contributed by atoms with Crippen molar-refractivity contribution in [2.24, 2.45) is 0 Å². The molecule has 0 aromatic heterocycles. The SMILES string of the molecule is CCCCCCCCCOc1ccc(OC)cc1C(=O)O. The lowest BCUT2D eigenvalue weighted by molar-refractivity contribution is 0.0691. The zero-order valence-electron chi connectivity index (χ0n) is 13.1. The largest absolute Gasteiger partial charge is 0.497 e. The van der Waals surface area contributed by atoms with E-state index in [4.69, 9.17) is 9.47 Å². The fraction of sp³-hybridized carbons (Fsp3) is 0.588. The quantitative estimate of drug-likeness (QED) is 0.609. The Morgan fingerprint density at radius 1 is 1.10 bits per heavy atom. The Hall–Kier alpha value is -1.71. The van der Waals surface area contributed by atoms with Gasteiger partial charge in [-0.05, 0) is 24.6 Å². The highest BCUT2D eigenvalue weighted by Crippen LogP contribution is 2.24. The summed E-state index contributed by atoms with van der Waals surface area (Å²) in [5.74, 6) is -0.0616. The number of hydrogen-bond donors (Lipinski definition) is 1. The molecule has 21 heavy (non-hydrogen) atoms. The van der Waals surface area contributed by atoms with Gasteiger partial charge in [-0.2, -0.15) is 0 Å². The van der Waals surface area contributed by atoms with Gasteiger partial charge in [0.1, 0.15) is 17.1 Å². The Balaban J connectivity index is 2.33. The number of unbranched alkanes of at least 4 members (excludes halogenated alkanes) is 6. The van der Waals surface area contributed by atoms with Crippen LogP contribution in [0.3, 0.4) is 0 Å². The third-order valence-corrected chi connectivity index (χ3v) is 3.42.